The van der Waals surface area contributed by atoms with Crippen molar-refractivity contribution in [3.8, 4) is 45.5 Å². The van der Waals surface area contributed by atoms with E-state index in [1.54, 1.807) is 49.0 Å². The van der Waals surface area contributed by atoms with Crippen molar-refractivity contribution in [1.29, 1.82) is 21.0 Å². The zero-order valence-corrected chi connectivity index (χ0v) is 30.5. The molecule has 0 saturated heterocycles. The second-order valence-corrected chi connectivity index (χ2v) is 17.9. The first-order chi connectivity index (χ1) is 23.4. The van der Waals surface area contributed by atoms with Crippen LogP contribution < -0.4 is 9.47 Å². The molecule has 234 valence electrons. The first-order valence-electron chi connectivity index (χ1n) is 15.0. The minimum atomic E-state index is -0.0924. The number of rotatable bonds is 6. The second kappa shape index (κ2) is 12.0. The third-order valence-corrected chi connectivity index (χ3v) is 16.7. The summed E-state index contributed by atoms with van der Waals surface area (Å²) in [7, 11) is 3.35. The Morgan fingerprint density at radius 3 is 1.88 bits per heavy atom. The lowest BCUT2D eigenvalue weighted by Gasteiger charge is -2.37. The van der Waals surface area contributed by atoms with Crippen molar-refractivity contribution in [3.05, 3.63) is 54.4 Å². The van der Waals surface area contributed by atoms with Gasteiger partial charge in [0.25, 0.3) is 0 Å². The zero-order valence-electron chi connectivity index (χ0n) is 25.6. The Kier molecular flexibility index (Phi) is 7.78. The lowest BCUT2D eigenvalue weighted by atomic mass is 9.67. The first kappa shape index (κ1) is 31.1. The predicted octanol–water partition coefficient (Wildman–Crippen LogP) is 11.8. The summed E-state index contributed by atoms with van der Waals surface area (Å²) in [5.74, 6) is 1.54. The van der Waals surface area contributed by atoms with Gasteiger partial charge in [-0.2, -0.15) is 21.0 Å². The summed E-state index contributed by atoms with van der Waals surface area (Å²) in [4.78, 5) is 6.22. The van der Waals surface area contributed by atoms with Crippen molar-refractivity contribution in [1.82, 2.24) is 0 Å². The summed E-state index contributed by atoms with van der Waals surface area (Å²) in [5, 5.41) is 37.2. The number of thiophene rings is 6. The monoisotopic (exact) mass is 734 g/mol. The second-order valence-electron chi connectivity index (χ2n) is 11.5. The van der Waals surface area contributed by atoms with Gasteiger partial charge in [0, 0.05) is 24.7 Å². The van der Waals surface area contributed by atoms with Crippen molar-refractivity contribution in [3.63, 3.8) is 0 Å². The molecule has 48 heavy (non-hydrogen) atoms. The van der Waals surface area contributed by atoms with Crippen LogP contribution in [0.4, 0.5) is 0 Å². The van der Waals surface area contributed by atoms with Gasteiger partial charge in [-0.1, -0.05) is 19.3 Å². The lowest BCUT2D eigenvalue weighted by Crippen LogP contribution is -2.28. The van der Waals surface area contributed by atoms with Gasteiger partial charge < -0.3 is 9.47 Å². The molecular weight excluding hydrogens is 713 g/mol. The number of nitrogens with zero attached hydrogens (tertiary/aromatic N) is 4. The molecule has 6 heterocycles. The molecule has 0 aliphatic heterocycles. The molecule has 0 atom stereocenters. The van der Waals surface area contributed by atoms with Gasteiger partial charge in [0.05, 0.1) is 52.4 Å². The van der Waals surface area contributed by atoms with Crippen LogP contribution in [0, 0.1) is 45.3 Å². The standard InChI is InChI=1S/C36H22N4O2S6/c1-41-23-10-20(8-18(14-37)15-38)43-29(23)22-12-25-28(36(22)6-4-3-5-7-36)32-34(45-25)35-33(48-32)31-27(47-35)13-26(46-31)30-24(42-2)11-21(44-30)9-19(16-39)17-40/h8-13H,3-7H2,1-2H3. The average molecular weight is 735 g/mol. The van der Waals surface area contributed by atoms with Crippen LogP contribution >= 0.6 is 68.0 Å². The molecule has 6 aromatic heterocycles. The van der Waals surface area contributed by atoms with E-state index in [0.29, 0.717) is 0 Å². The maximum atomic E-state index is 9.36. The van der Waals surface area contributed by atoms with E-state index in [2.05, 4.69) is 12.1 Å². The van der Waals surface area contributed by atoms with Gasteiger partial charge in [0.15, 0.2) is 0 Å². The Morgan fingerprint density at radius 1 is 0.667 bits per heavy atom. The highest BCUT2D eigenvalue weighted by atomic mass is 32.1. The maximum Gasteiger partial charge on any atom is 0.138 e. The fraction of sp³-hybridized carbons (Fsp3) is 0.222. The largest absolute Gasteiger partial charge is 0.495 e. The van der Waals surface area contributed by atoms with Gasteiger partial charge >= 0.3 is 0 Å². The molecule has 6 nitrogen and oxygen atoms in total. The van der Waals surface area contributed by atoms with E-state index in [1.165, 1.54) is 74.8 Å². The lowest BCUT2D eigenvalue weighted by molar-refractivity contribution is 0.373. The molecule has 0 radical (unpaired) electrons. The van der Waals surface area contributed by atoms with Crippen molar-refractivity contribution < 1.29 is 9.47 Å². The average Bonchev–Trinajstić information content (AvgIpc) is 3.96. The Balaban J connectivity index is 1.25. The van der Waals surface area contributed by atoms with Crippen LogP contribution in [-0.2, 0) is 5.41 Å². The minimum absolute atomic E-state index is 0.0702. The molecule has 0 unspecified atom stereocenters. The van der Waals surface area contributed by atoms with Crippen LogP contribution in [0.2, 0.25) is 0 Å². The number of fused-ring (bicyclic) bond motifs is 8. The molecule has 0 bridgehead atoms. The number of hydrogen-bond donors (Lipinski definition) is 0. The molecule has 0 amide bonds. The third kappa shape index (κ3) is 4.68. The summed E-state index contributed by atoms with van der Waals surface area (Å²) in [5.41, 5.74) is 2.85. The number of nitriles is 4. The van der Waals surface area contributed by atoms with Gasteiger partial charge in [0.1, 0.15) is 46.9 Å². The summed E-state index contributed by atoms with van der Waals surface area (Å²) >= 11 is 10.6. The first-order valence-corrected chi connectivity index (χ1v) is 19.9. The van der Waals surface area contributed by atoms with Gasteiger partial charge in [-0.25, -0.2) is 0 Å². The molecule has 6 aromatic rings. The zero-order chi connectivity index (χ0) is 33.2. The van der Waals surface area contributed by atoms with Crippen molar-refractivity contribution in [2.75, 3.05) is 14.2 Å². The van der Waals surface area contributed by atoms with E-state index in [4.69, 9.17) is 9.47 Å². The fourth-order valence-corrected chi connectivity index (χ4v) is 15.4. The highest BCUT2D eigenvalue weighted by Crippen LogP contribution is 2.64. The van der Waals surface area contributed by atoms with E-state index < -0.39 is 0 Å². The van der Waals surface area contributed by atoms with E-state index in [0.717, 1.165) is 48.7 Å². The number of allylic oxidation sites excluding steroid dienone is 3. The van der Waals surface area contributed by atoms with Crippen LogP contribution in [0.3, 0.4) is 0 Å². The van der Waals surface area contributed by atoms with Crippen LogP contribution in [-0.4, -0.2) is 14.2 Å². The summed E-state index contributed by atoms with van der Waals surface area (Å²) in [6, 6.07) is 13.9. The van der Waals surface area contributed by atoms with Crippen molar-refractivity contribution in [2.45, 2.75) is 37.5 Å². The number of methoxy groups -OCH3 is 2. The number of hydrogen-bond acceptors (Lipinski definition) is 12. The summed E-state index contributed by atoms with van der Waals surface area (Å²) in [6.07, 6.45) is 11.4. The Bertz CT molecular complexity index is 2550. The molecule has 8 rings (SSSR count). The highest BCUT2D eigenvalue weighted by Gasteiger charge is 2.47. The molecule has 0 aromatic carbocycles. The predicted molar refractivity (Wildman–Crippen MR) is 202 cm³/mol. The summed E-state index contributed by atoms with van der Waals surface area (Å²) < 4.78 is 19.6. The smallest absolute Gasteiger partial charge is 0.138 e. The highest BCUT2D eigenvalue weighted by molar-refractivity contribution is 7.45. The van der Waals surface area contributed by atoms with Crippen molar-refractivity contribution in [2.24, 2.45) is 0 Å². The van der Waals surface area contributed by atoms with Gasteiger partial charge in [0.2, 0.25) is 0 Å². The van der Waals surface area contributed by atoms with E-state index in [-0.39, 0.29) is 16.6 Å². The molecule has 12 heteroatoms. The quantitative estimate of drug-likeness (QED) is 0.157. The van der Waals surface area contributed by atoms with Gasteiger partial charge in [-0.05, 0) is 60.4 Å². The molecule has 0 N–H and O–H groups in total. The topological polar surface area (TPSA) is 114 Å². The van der Waals surface area contributed by atoms with E-state index in [1.807, 2.05) is 70.4 Å². The van der Waals surface area contributed by atoms with Crippen LogP contribution in [0.15, 0.2) is 29.3 Å². The SMILES string of the molecule is COc1cc(C=C(C#N)C#N)sc1C1=Cc2sc3c(sc4c5sc(-c6sc(C=C(C#N)C#N)cc6OC)cc5sc34)c2C12CCCCC2. The molecule has 2 aliphatic rings. The fourth-order valence-electron chi connectivity index (χ4n) is 6.97. The minimum Gasteiger partial charge on any atom is -0.495 e. The normalized spacial score (nSPS) is 14.7. The van der Waals surface area contributed by atoms with E-state index >= 15 is 0 Å². The van der Waals surface area contributed by atoms with Crippen LogP contribution in [0.5, 0.6) is 11.5 Å². The Hall–Kier alpha value is -4.24. The molecule has 1 spiro atoms. The molecular formula is C36H22N4O2S6. The van der Waals surface area contributed by atoms with Gasteiger partial charge in [-0.3, -0.25) is 0 Å². The van der Waals surface area contributed by atoms with Crippen LogP contribution in [0.1, 0.15) is 57.2 Å². The Labute approximate surface area is 300 Å². The van der Waals surface area contributed by atoms with Gasteiger partial charge in [-0.15, -0.1) is 68.0 Å². The third-order valence-electron chi connectivity index (χ3n) is 9.00. The van der Waals surface area contributed by atoms with E-state index in [9.17, 15) is 21.0 Å². The number of ether oxygens (including phenoxy) is 2. The molecule has 2 aliphatic carbocycles. The maximum absolute atomic E-state index is 9.36. The van der Waals surface area contributed by atoms with Crippen LogP contribution in [0.25, 0.3) is 61.8 Å². The molecule has 1 fully saturated rings. The molecule has 1 saturated carbocycles. The summed E-state index contributed by atoms with van der Waals surface area (Å²) in [6.45, 7) is 0. The van der Waals surface area contributed by atoms with Crippen molar-refractivity contribution >= 4 is 120 Å². The Morgan fingerprint density at radius 2 is 1.25 bits per heavy atom.